The van der Waals surface area contributed by atoms with E-state index in [0.29, 0.717) is 24.3 Å². The zero-order valence-corrected chi connectivity index (χ0v) is 11.2. The third kappa shape index (κ3) is 3.50. The number of carboxylic acids is 1. The Morgan fingerprint density at radius 1 is 1.38 bits per heavy atom. The highest BCUT2D eigenvalue weighted by atomic mass is 16.5. The molecule has 1 aliphatic heterocycles. The third-order valence-corrected chi connectivity index (χ3v) is 3.29. The van der Waals surface area contributed by atoms with Crippen LogP contribution in [0.1, 0.15) is 24.3 Å². The van der Waals surface area contributed by atoms with Crippen LogP contribution in [0.5, 0.6) is 5.75 Å². The van der Waals surface area contributed by atoms with E-state index in [4.69, 9.17) is 15.6 Å². The van der Waals surface area contributed by atoms with Crippen LogP contribution in [0.2, 0.25) is 0 Å². The largest absolute Gasteiger partial charge is 0.493 e. The Kier molecular flexibility index (Phi) is 4.42. The van der Waals surface area contributed by atoms with Gasteiger partial charge in [-0.2, -0.15) is 0 Å². The molecule has 1 aliphatic rings. The van der Waals surface area contributed by atoms with Crippen molar-refractivity contribution < 1.29 is 24.2 Å². The summed E-state index contributed by atoms with van der Waals surface area (Å²) < 4.78 is 5.45. The summed E-state index contributed by atoms with van der Waals surface area (Å²) in [6, 6.07) is 5.79. The number of fused-ring (bicyclic) bond motifs is 1. The van der Waals surface area contributed by atoms with Crippen LogP contribution < -0.4 is 15.8 Å². The average molecular weight is 292 g/mol. The summed E-state index contributed by atoms with van der Waals surface area (Å²) in [5.41, 5.74) is 5.70. The van der Waals surface area contributed by atoms with Crippen molar-refractivity contribution >= 4 is 17.8 Å². The van der Waals surface area contributed by atoms with Crippen molar-refractivity contribution in [3.63, 3.8) is 0 Å². The van der Waals surface area contributed by atoms with Crippen molar-refractivity contribution in [3.05, 3.63) is 29.8 Å². The Hall–Kier alpha value is -2.57. The lowest BCUT2D eigenvalue weighted by atomic mass is 9.92. The maximum Gasteiger partial charge on any atom is 0.326 e. The number of para-hydroxylation sites is 1. The number of carbonyl (C=O) groups excluding carboxylic acids is 2. The fourth-order valence-corrected chi connectivity index (χ4v) is 2.29. The van der Waals surface area contributed by atoms with Gasteiger partial charge in [0.05, 0.1) is 18.9 Å². The molecule has 7 heteroatoms. The molecule has 0 aliphatic carbocycles. The number of nitrogens with two attached hydrogens (primary N) is 1. The van der Waals surface area contributed by atoms with Crippen molar-refractivity contribution in [1.29, 1.82) is 0 Å². The topological polar surface area (TPSA) is 119 Å². The highest BCUT2D eigenvalue weighted by molar-refractivity contribution is 5.91. The van der Waals surface area contributed by atoms with Crippen LogP contribution in [0.15, 0.2) is 24.3 Å². The van der Waals surface area contributed by atoms with E-state index in [9.17, 15) is 14.4 Å². The predicted octanol–water partition coefficient (Wildman–Crippen LogP) is -0.00250. The zero-order chi connectivity index (χ0) is 15.4. The molecule has 2 atom stereocenters. The SMILES string of the molecule is NC(=O)C[C@@H](NC(=O)C1CCOc2ccccc21)C(=O)O. The predicted molar refractivity (Wildman–Crippen MR) is 72.7 cm³/mol. The van der Waals surface area contributed by atoms with E-state index in [1.807, 2.05) is 0 Å². The molecule has 1 unspecified atom stereocenters. The number of benzene rings is 1. The maximum absolute atomic E-state index is 12.3. The number of carbonyl (C=O) groups is 3. The summed E-state index contributed by atoms with van der Waals surface area (Å²) in [6.07, 6.45) is 0.0116. The summed E-state index contributed by atoms with van der Waals surface area (Å²) in [4.78, 5) is 34.2. The second kappa shape index (κ2) is 6.25. The molecule has 21 heavy (non-hydrogen) atoms. The molecule has 112 valence electrons. The Bertz CT molecular complexity index is 572. The molecule has 1 aromatic carbocycles. The first-order valence-electron chi connectivity index (χ1n) is 6.52. The molecule has 7 nitrogen and oxygen atoms in total. The molecule has 2 amide bonds. The number of hydrogen-bond acceptors (Lipinski definition) is 4. The molecule has 0 fully saturated rings. The van der Waals surface area contributed by atoms with Crippen LogP contribution in [-0.2, 0) is 14.4 Å². The molecule has 0 spiro atoms. The number of primary amides is 1. The highest BCUT2D eigenvalue weighted by Crippen LogP contribution is 2.33. The minimum absolute atomic E-state index is 0.378. The van der Waals surface area contributed by atoms with Gasteiger partial charge >= 0.3 is 5.97 Å². The lowest BCUT2D eigenvalue weighted by molar-refractivity contribution is -0.143. The number of nitrogens with one attached hydrogen (secondary N) is 1. The molecular formula is C14H16N2O5. The standard InChI is InChI=1S/C14H16N2O5/c15-12(17)7-10(14(19)20)16-13(18)9-5-6-21-11-4-2-1-3-8(9)11/h1-4,9-10H,5-7H2,(H2,15,17)(H,16,18)(H,19,20)/t9?,10-/m1/s1. The van der Waals surface area contributed by atoms with Gasteiger partial charge in [-0.05, 0) is 12.5 Å². The van der Waals surface area contributed by atoms with Crippen LogP contribution in [0, 0.1) is 0 Å². The van der Waals surface area contributed by atoms with Gasteiger partial charge in [0.15, 0.2) is 0 Å². The second-order valence-electron chi connectivity index (χ2n) is 4.80. The Morgan fingerprint density at radius 3 is 2.76 bits per heavy atom. The van der Waals surface area contributed by atoms with Crippen molar-refractivity contribution in [1.82, 2.24) is 5.32 Å². The van der Waals surface area contributed by atoms with Gasteiger partial charge < -0.3 is 20.9 Å². The van der Waals surface area contributed by atoms with Crippen molar-refractivity contribution in [2.45, 2.75) is 24.8 Å². The molecule has 0 bridgehead atoms. The average Bonchev–Trinajstić information content (AvgIpc) is 2.45. The first-order valence-corrected chi connectivity index (χ1v) is 6.52. The van der Waals surface area contributed by atoms with Gasteiger partial charge in [0.25, 0.3) is 0 Å². The van der Waals surface area contributed by atoms with E-state index >= 15 is 0 Å². The van der Waals surface area contributed by atoms with E-state index in [0.717, 1.165) is 0 Å². The number of hydrogen-bond donors (Lipinski definition) is 3. The van der Waals surface area contributed by atoms with Gasteiger partial charge in [-0.3, -0.25) is 9.59 Å². The van der Waals surface area contributed by atoms with Gasteiger partial charge in [0.2, 0.25) is 11.8 Å². The van der Waals surface area contributed by atoms with Crippen LogP contribution in [0.4, 0.5) is 0 Å². The van der Waals surface area contributed by atoms with Crippen molar-refractivity contribution in [2.75, 3.05) is 6.61 Å². The first-order chi connectivity index (χ1) is 9.99. The lowest BCUT2D eigenvalue weighted by Crippen LogP contribution is -2.45. The Morgan fingerprint density at radius 2 is 2.10 bits per heavy atom. The fraction of sp³-hybridized carbons (Fsp3) is 0.357. The molecule has 2 rings (SSSR count). The van der Waals surface area contributed by atoms with E-state index in [1.54, 1.807) is 24.3 Å². The summed E-state index contributed by atoms with van der Waals surface area (Å²) >= 11 is 0. The molecule has 0 saturated heterocycles. The molecule has 0 radical (unpaired) electrons. The summed E-state index contributed by atoms with van der Waals surface area (Å²) in [5, 5.41) is 11.4. The van der Waals surface area contributed by atoms with Crippen LogP contribution in [0.3, 0.4) is 0 Å². The zero-order valence-electron chi connectivity index (χ0n) is 11.2. The number of rotatable bonds is 5. The first kappa shape index (κ1) is 14.8. The van der Waals surface area contributed by atoms with Gasteiger partial charge in [-0.25, -0.2) is 4.79 Å². The molecule has 1 aromatic rings. The molecular weight excluding hydrogens is 276 g/mol. The lowest BCUT2D eigenvalue weighted by Gasteiger charge is -2.26. The molecule has 1 heterocycles. The van der Waals surface area contributed by atoms with Gasteiger partial charge in [0.1, 0.15) is 11.8 Å². The second-order valence-corrected chi connectivity index (χ2v) is 4.80. The van der Waals surface area contributed by atoms with Crippen LogP contribution >= 0.6 is 0 Å². The van der Waals surface area contributed by atoms with Gasteiger partial charge in [0, 0.05) is 5.56 Å². The summed E-state index contributed by atoms with van der Waals surface area (Å²) in [5.74, 6) is -2.40. The number of ether oxygens (including phenoxy) is 1. The Labute approximate surface area is 121 Å². The van der Waals surface area contributed by atoms with E-state index in [2.05, 4.69) is 5.32 Å². The molecule has 4 N–H and O–H groups in total. The fourth-order valence-electron chi connectivity index (χ4n) is 2.29. The maximum atomic E-state index is 12.3. The van der Waals surface area contributed by atoms with E-state index in [1.165, 1.54) is 0 Å². The van der Waals surface area contributed by atoms with Crippen molar-refractivity contribution in [3.8, 4) is 5.75 Å². The summed E-state index contributed by atoms with van der Waals surface area (Å²) in [6.45, 7) is 0.378. The Balaban J connectivity index is 2.13. The monoisotopic (exact) mass is 292 g/mol. The normalized spacial score (nSPS) is 18.0. The smallest absolute Gasteiger partial charge is 0.326 e. The van der Waals surface area contributed by atoms with Gasteiger partial charge in [-0.1, -0.05) is 18.2 Å². The van der Waals surface area contributed by atoms with E-state index in [-0.39, 0.29) is 0 Å². The van der Waals surface area contributed by atoms with Crippen molar-refractivity contribution in [2.24, 2.45) is 5.73 Å². The summed E-state index contributed by atoms with van der Waals surface area (Å²) in [7, 11) is 0. The minimum Gasteiger partial charge on any atom is -0.493 e. The third-order valence-electron chi connectivity index (χ3n) is 3.29. The molecule has 0 saturated carbocycles. The number of aliphatic carboxylic acids is 1. The van der Waals surface area contributed by atoms with Crippen LogP contribution in [-0.4, -0.2) is 35.5 Å². The highest BCUT2D eigenvalue weighted by Gasteiger charge is 2.31. The van der Waals surface area contributed by atoms with Crippen LogP contribution in [0.25, 0.3) is 0 Å². The quantitative estimate of drug-likeness (QED) is 0.705. The molecule has 0 aromatic heterocycles. The number of carboxylic acid groups (broad SMARTS) is 1. The number of amides is 2. The minimum atomic E-state index is -1.31. The van der Waals surface area contributed by atoms with Gasteiger partial charge in [-0.15, -0.1) is 0 Å². The van der Waals surface area contributed by atoms with E-state index < -0.39 is 36.2 Å².